The standard InChI is InChI=1S/C24H25N7O4/c32-22(17-27-20-4-1-2-5-21(20)31(34)35)28-19-8-6-18(7-9-19)16-23(33)29-12-14-30(15-13-29)24-25-10-3-11-26-24/h1-11,27H,12-17H2,(H,28,32). The van der Waals surface area contributed by atoms with E-state index in [1.807, 2.05) is 4.90 Å². The van der Waals surface area contributed by atoms with Crippen LogP contribution in [0.2, 0.25) is 0 Å². The van der Waals surface area contributed by atoms with E-state index in [2.05, 4.69) is 25.5 Å². The molecular formula is C24H25N7O4. The van der Waals surface area contributed by atoms with E-state index in [1.54, 1.807) is 60.9 Å². The van der Waals surface area contributed by atoms with Crippen LogP contribution in [0.25, 0.3) is 0 Å². The van der Waals surface area contributed by atoms with Gasteiger partial charge in [-0.05, 0) is 29.8 Å². The largest absolute Gasteiger partial charge is 0.371 e. The minimum Gasteiger partial charge on any atom is -0.371 e. The van der Waals surface area contributed by atoms with Crippen LogP contribution in [-0.2, 0) is 16.0 Å². The van der Waals surface area contributed by atoms with Gasteiger partial charge in [0.2, 0.25) is 17.8 Å². The number of nitrogens with one attached hydrogen (secondary N) is 2. The van der Waals surface area contributed by atoms with Gasteiger partial charge in [0, 0.05) is 50.3 Å². The van der Waals surface area contributed by atoms with E-state index in [9.17, 15) is 19.7 Å². The lowest BCUT2D eigenvalue weighted by Crippen LogP contribution is -2.49. The number of carbonyl (C=O) groups is 2. The molecule has 0 saturated carbocycles. The number of rotatable bonds is 8. The van der Waals surface area contributed by atoms with Crippen LogP contribution in [0.5, 0.6) is 0 Å². The Labute approximate surface area is 201 Å². The number of amides is 2. The molecule has 11 nitrogen and oxygen atoms in total. The first kappa shape index (κ1) is 23.6. The van der Waals surface area contributed by atoms with Gasteiger partial charge in [0.25, 0.3) is 5.69 Å². The summed E-state index contributed by atoms with van der Waals surface area (Å²) in [7, 11) is 0. The Hall–Kier alpha value is -4.54. The molecule has 2 amide bonds. The number of nitro benzene ring substituents is 1. The quantitative estimate of drug-likeness (QED) is 0.375. The van der Waals surface area contributed by atoms with Crippen molar-refractivity contribution in [2.24, 2.45) is 0 Å². The number of piperazine rings is 1. The summed E-state index contributed by atoms with van der Waals surface area (Å²) < 4.78 is 0. The highest BCUT2D eigenvalue weighted by atomic mass is 16.6. The average Bonchev–Trinajstić information content (AvgIpc) is 2.89. The van der Waals surface area contributed by atoms with Crippen molar-refractivity contribution in [1.82, 2.24) is 14.9 Å². The number of para-hydroxylation sites is 2. The molecule has 2 N–H and O–H groups in total. The second kappa shape index (κ2) is 11.1. The van der Waals surface area contributed by atoms with Gasteiger partial charge in [0.1, 0.15) is 5.69 Å². The van der Waals surface area contributed by atoms with Gasteiger partial charge < -0.3 is 20.4 Å². The summed E-state index contributed by atoms with van der Waals surface area (Å²) in [6, 6.07) is 15.0. The van der Waals surface area contributed by atoms with Crippen LogP contribution in [-0.4, -0.2) is 64.3 Å². The Balaban J connectivity index is 1.23. The molecule has 2 aromatic carbocycles. The molecule has 1 aliphatic rings. The Morgan fingerprint density at radius 2 is 1.63 bits per heavy atom. The summed E-state index contributed by atoms with van der Waals surface area (Å²) >= 11 is 0. The molecule has 0 aliphatic carbocycles. The van der Waals surface area contributed by atoms with Crippen molar-refractivity contribution in [3.05, 3.63) is 82.7 Å². The molecule has 1 saturated heterocycles. The van der Waals surface area contributed by atoms with Crippen LogP contribution in [0.4, 0.5) is 23.0 Å². The van der Waals surface area contributed by atoms with Crippen LogP contribution in [0.1, 0.15) is 5.56 Å². The molecule has 4 rings (SSSR count). The van der Waals surface area contributed by atoms with Gasteiger partial charge >= 0.3 is 0 Å². The zero-order valence-corrected chi connectivity index (χ0v) is 19.0. The van der Waals surface area contributed by atoms with E-state index in [4.69, 9.17) is 0 Å². The lowest BCUT2D eigenvalue weighted by Gasteiger charge is -2.34. The first-order valence-corrected chi connectivity index (χ1v) is 11.2. The van der Waals surface area contributed by atoms with Gasteiger partial charge in [0.05, 0.1) is 17.9 Å². The molecular weight excluding hydrogens is 450 g/mol. The van der Waals surface area contributed by atoms with Gasteiger partial charge in [-0.25, -0.2) is 9.97 Å². The molecule has 0 unspecified atom stereocenters. The van der Waals surface area contributed by atoms with E-state index in [0.717, 1.165) is 5.56 Å². The molecule has 0 radical (unpaired) electrons. The second-order valence-corrected chi connectivity index (χ2v) is 7.97. The van der Waals surface area contributed by atoms with Crippen molar-refractivity contribution in [2.45, 2.75) is 6.42 Å². The summed E-state index contributed by atoms with van der Waals surface area (Å²) in [4.78, 5) is 47.9. The van der Waals surface area contributed by atoms with Crippen LogP contribution in [0.3, 0.4) is 0 Å². The number of hydrogen-bond donors (Lipinski definition) is 2. The number of nitro groups is 1. The lowest BCUT2D eigenvalue weighted by atomic mass is 10.1. The highest BCUT2D eigenvalue weighted by Crippen LogP contribution is 2.23. The van der Waals surface area contributed by atoms with E-state index < -0.39 is 4.92 Å². The third-order valence-corrected chi connectivity index (χ3v) is 5.60. The number of nitrogens with zero attached hydrogens (tertiary/aromatic N) is 5. The van der Waals surface area contributed by atoms with Crippen molar-refractivity contribution in [3.8, 4) is 0 Å². The fourth-order valence-electron chi connectivity index (χ4n) is 3.77. The topological polar surface area (TPSA) is 134 Å². The molecule has 0 atom stereocenters. The normalized spacial score (nSPS) is 13.3. The molecule has 35 heavy (non-hydrogen) atoms. The molecule has 11 heteroatoms. The zero-order chi connectivity index (χ0) is 24.6. The predicted octanol–water partition coefficient (Wildman–Crippen LogP) is 2.33. The number of carbonyl (C=O) groups excluding carboxylic acids is 2. The first-order valence-electron chi connectivity index (χ1n) is 11.2. The van der Waals surface area contributed by atoms with Gasteiger partial charge in [-0.3, -0.25) is 19.7 Å². The maximum absolute atomic E-state index is 12.7. The van der Waals surface area contributed by atoms with E-state index >= 15 is 0 Å². The van der Waals surface area contributed by atoms with Gasteiger partial charge in [-0.15, -0.1) is 0 Å². The molecule has 1 aromatic heterocycles. The number of aromatic nitrogens is 2. The SMILES string of the molecule is O=C(CNc1ccccc1[N+](=O)[O-])Nc1ccc(CC(=O)N2CCN(c3ncccn3)CC2)cc1. The van der Waals surface area contributed by atoms with Gasteiger partial charge in [-0.2, -0.15) is 0 Å². The van der Waals surface area contributed by atoms with E-state index in [-0.39, 0.29) is 36.2 Å². The summed E-state index contributed by atoms with van der Waals surface area (Å²) in [5, 5.41) is 16.6. The summed E-state index contributed by atoms with van der Waals surface area (Å²) in [5.74, 6) is 0.380. The van der Waals surface area contributed by atoms with Crippen molar-refractivity contribution in [2.75, 3.05) is 48.3 Å². The number of anilines is 3. The Bertz CT molecular complexity index is 1180. The summed E-state index contributed by atoms with van der Waals surface area (Å²) in [5.41, 5.74) is 1.61. The Morgan fingerprint density at radius 3 is 2.31 bits per heavy atom. The Morgan fingerprint density at radius 1 is 0.943 bits per heavy atom. The Kier molecular flexibility index (Phi) is 7.46. The zero-order valence-electron chi connectivity index (χ0n) is 19.0. The van der Waals surface area contributed by atoms with Gasteiger partial charge in [-0.1, -0.05) is 24.3 Å². The maximum Gasteiger partial charge on any atom is 0.292 e. The molecule has 1 fully saturated rings. The van der Waals surface area contributed by atoms with Gasteiger partial charge in [0.15, 0.2) is 0 Å². The van der Waals surface area contributed by atoms with E-state index in [1.165, 1.54) is 6.07 Å². The second-order valence-electron chi connectivity index (χ2n) is 7.97. The molecule has 0 spiro atoms. The van der Waals surface area contributed by atoms with Crippen molar-refractivity contribution >= 4 is 34.8 Å². The molecule has 3 aromatic rings. The van der Waals surface area contributed by atoms with Crippen molar-refractivity contribution in [1.29, 1.82) is 0 Å². The molecule has 1 aliphatic heterocycles. The highest BCUT2D eigenvalue weighted by molar-refractivity contribution is 5.94. The molecule has 180 valence electrons. The lowest BCUT2D eigenvalue weighted by molar-refractivity contribution is -0.383. The summed E-state index contributed by atoms with van der Waals surface area (Å²) in [6.45, 7) is 2.46. The van der Waals surface area contributed by atoms with Crippen molar-refractivity contribution < 1.29 is 14.5 Å². The van der Waals surface area contributed by atoms with Crippen LogP contribution in [0, 0.1) is 10.1 Å². The maximum atomic E-state index is 12.7. The average molecular weight is 476 g/mol. The summed E-state index contributed by atoms with van der Waals surface area (Å²) in [6.07, 6.45) is 3.69. The monoisotopic (exact) mass is 475 g/mol. The highest BCUT2D eigenvalue weighted by Gasteiger charge is 2.22. The number of benzene rings is 2. The third-order valence-electron chi connectivity index (χ3n) is 5.60. The predicted molar refractivity (Wildman–Crippen MR) is 131 cm³/mol. The van der Waals surface area contributed by atoms with Crippen LogP contribution < -0.4 is 15.5 Å². The minimum absolute atomic E-state index is 0.0454. The van der Waals surface area contributed by atoms with Crippen LogP contribution >= 0.6 is 0 Å². The fourth-order valence-corrected chi connectivity index (χ4v) is 3.77. The molecule has 0 bridgehead atoms. The first-order chi connectivity index (χ1) is 17.0. The fraction of sp³-hybridized carbons (Fsp3) is 0.250. The van der Waals surface area contributed by atoms with E-state index in [0.29, 0.717) is 37.8 Å². The minimum atomic E-state index is -0.502. The van der Waals surface area contributed by atoms with Crippen LogP contribution in [0.15, 0.2) is 67.0 Å². The smallest absolute Gasteiger partial charge is 0.292 e. The molecule has 2 heterocycles. The third kappa shape index (κ3) is 6.28. The van der Waals surface area contributed by atoms with Crippen molar-refractivity contribution in [3.63, 3.8) is 0 Å². The number of hydrogen-bond acceptors (Lipinski definition) is 8.